The number of fused-ring (bicyclic) bond motifs is 1. The van der Waals surface area contributed by atoms with E-state index in [0.29, 0.717) is 6.04 Å². The zero-order valence-corrected chi connectivity index (χ0v) is 11.9. The van der Waals surface area contributed by atoms with Crippen molar-refractivity contribution in [3.63, 3.8) is 0 Å². The van der Waals surface area contributed by atoms with Crippen LogP contribution in [-0.2, 0) is 0 Å². The van der Waals surface area contributed by atoms with Gasteiger partial charge in [-0.3, -0.25) is 0 Å². The van der Waals surface area contributed by atoms with Gasteiger partial charge in [0.1, 0.15) is 0 Å². The molecule has 1 aromatic rings. The van der Waals surface area contributed by atoms with Crippen molar-refractivity contribution in [3.05, 3.63) is 34.3 Å². The fourth-order valence-corrected chi connectivity index (χ4v) is 3.73. The average Bonchev–Trinajstić information content (AvgIpc) is 3.09. The fourth-order valence-electron chi connectivity index (χ4n) is 3.31. The van der Waals surface area contributed by atoms with Gasteiger partial charge < -0.3 is 5.32 Å². The molecule has 0 heterocycles. The van der Waals surface area contributed by atoms with E-state index in [-0.39, 0.29) is 0 Å². The van der Waals surface area contributed by atoms with E-state index >= 15 is 0 Å². The van der Waals surface area contributed by atoms with Gasteiger partial charge in [-0.2, -0.15) is 0 Å². The molecule has 4 atom stereocenters. The maximum absolute atomic E-state index is 3.83. The molecule has 2 aliphatic carbocycles. The topological polar surface area (TPSA) is 12.0 Å². The van der Waals surface area contributed by atoms with Crippen LogP contribution in [-0.4, -0.2) is 6.04 Å². The Hall–Kier alpha value is -0.340. The Kier molecular flexibility index (Phi) is 3.27. The van der Waals surface area contributed by atoms with E-state index in [0.717, 1.165) is 17.9 Å². The van der Waals surface area contributed by atoms with Gasteiger partial charge in [0.25, 0.3) is 0 Å². The van der Waals surface area contributed by atoms with Crippen molar-refractivity contribution in [2.75, 3.05) is 0 Å². The third kappa shape index (κ3) is 2.58. The van der Waals surface area contributed by atoms with Crippen LogP contribution >= 0.6 is 15.9 Å². The van der Waals surface area contributed by atoms with E-state index in [1.54, 1.807) is 0 Å². The van der Waals surface area contributed by atoms with Crippen LogP contribution in [0, 0.1) is 11.8 Å². The van der Waals surface area contributed by atoms with Gasteiger partial charge >= 0.3 is 0 Å². The van der Waals surface area contributed by atoms with Gasteiger partial charge in [-0.15, -0.1) is 0 Å². The van der Waals surface area contributed by atoms with Crippen LogP contribution in [0.25, 0.3) is 0 Å². The SMILES string of the molecule is C[C@H](NC1CCCC2CC21)c1cccc(Br)c1. The largest absolute Gasteiger partial charge is 0.307 e. The number of hydrogen-bond acceptors (Lipinski definition) is 1. The Morgan fingerprint density at radius 3 is 3.06 bits per heavy atom. The molecule has 1 N–H and O–H groups in total. The normalized spacial score (nSPS) is 32.9. The standard InChI is InChI=1S/C15H20BrN/c1-10(11-4-2-6-13(16)8-11)17-15-7-3-5-12-9-14(12)15/h2,4,6,8,10,12,14-15,17H,3,5,7,9H2,1H3/t10-,12?,14?,15?/m0/s1. The molecule has 2 saturated carbocycles. The second-order valence-electron chi connectivity index (χ2n) is 5.64. The lowest BCUT2D eigenvalue weighted by Crippen LogP contribution is -2.35. The lowest BCUT2D eigenvalue weighted by molar-refractivity contribution is 0.329. The molecule has 92 valence electrons. The molecule has 2 heteroatoms. The van der Waals surface area contributed by atoms with Crippen molar-refractivity contribution in [3.8, 4) is 0 Å². The zero-order valence-electron chi connectivity index (χ0n) is 10.3. The highest BCUT2D eigenvalue weighted by Crippen LogP contribution is 2.49. The fraction of sp³-hybridized carbons (Fsp3) is 0.600. The molecule has 0 spiro atoms. The maximum atomic E-state index is 3.83. The summed E-state index contributed by atoms with van der Waals surface area (Å²) < 4.78 is 1.18. The highest BCUT2D eigenvalue weighted by molar-refractivity contribution is 9.10. The molecule has 2 fully saturated rings. The first kappa shape index (κ1) is 11.7. The van der Waals surface area contributed by atoms with Crippen LogP contribution in [0.2, 0.25) is 0 Å². The lowest BCUT2D eigenvalue weighted by atomic mass is 9.94. The second-order valence-corrected chi connectivity index (χ2v) is 6.56. The van der Waals surface area contributed by atoms with Gasteiger partial charge in [-0.1, -0.05) is 40.9 Å². The summed E-state index contributed by atoms with van der Waals surface area (Å²) in [6, 6.07) is 9.90. The Balaban J connectivity index is 1.64. The number of hydrogen-bond donors (Lipinski definition) is 1. The monoisotopic (exact) mass is 293 g/mol. The smallest absolute Gasteiger partial charge is 0.0294 e. The number of benzene rings is 1. The molecule has 1 nitrogen and oxygen atoms in total. The molecule has 0 bridgehead atoms. The van der Waals surface area contributed by atoms with Gasteiger partial charge in [-0.25, -0.2) is 0 Å². The molecule has 0 aromatic heterocycles. The van der Waals surface area contributed by atoms with E-state index in [4.69, 9.17) is 0 Å². The molecule has 0 amide bonds. The Bertz CT molecular complexity index is 404. The number of rotatable bonds is 3. The summed E-state index contributed by atoms with van der Waals surface area (Å²) in [5.41, 5.74) is 1.39. The van der Waals surface area contributed by atoms with Crippen LogP contribution in [0.1, 0.15) is 44.2 Å². The summed E-state index contributed by atoms with van der Waals surface area (Å²) in [5, 5.41) is 3.83. The van der Waals surface area contributed by atoms with Crippen LogP contribution in [0.5, 0.6) is 0 Å². The van der Waals surface area contributed by atoms with Crippen molar-refractivity contribution in [2.45, 2.75) is 44.7 Å². The Morgan fingerprint density at radius 2 is 2.24 bits per heavy atom. The Labute approximate surface area is 112 Å². The predicted molar refractivity (Wildman–Crippen MR) is 74.9 cm³/mol. The van der Waals surface area contributed by atoms with E-state index in [2.05, 4.69) is 52.4 Å². The molecule has 17 heavy (non-hydrogen) atoms. The molecule has 2 aliphatic rings. The number of halogens is 1. The van der Waals surface area contributed by atoms with Gasteiger partial charge in [0.05, 0.1) is 0 Å². The molecule has 0 radical (unpaired) electrons. The highest BCUT2D eigenvalue weighted by Gasteiger charge is 2.45. The van der Waals surface area contributed by atoms with E-state index in [9.17, 15) is 0 Å². The van der Waals surface area contributed by atoms with Crippen molar-refractivity contribution in [2.24, 2.45) is 11.8 Å². The summed E-state index contributed by atoms with van der Waals surface area (Å²) in [6.07, 6.45) is 5.75. The molecular weight excluding hydrogens is 274 g/mol. The molecule has 1 aromatic carbocycles. The second kappa shape index (κ2) is 4.74. The summed E-state index contributed by atoms with van der Waals surface area (Å²) >= 11 is 3.55. The van der Waals surface area contributed by atoms with Crippen LogP contribution in [0.15, 0.2) is 28.7 Å². The van der Waals surface area contributed by atoms with Crippen LogP contribution in [0.3, 0.4) is 0 Å². The Morgan fingerprint density at radius 1 is 1.35 bits per heavy atom. The van der Waals surface area contributed by atoms with Crippen molar-refractivity contribution < 1.29 is 0 Å². The van der Waals surface area contributed by atoms with Gasteiger partial charge in [0.2, 0.25) is 0 Å². The average molecular weight is 294 g/mol. The minimum atomic E-state index is 0.469. The minimum absolute atomic E-state index is 0.469. The van der Waals surface area contributed by atoms with Crippen LogP contribution < -0.4 is 5.32 Å². The third-order valence-electron chi connectivity index (χ3n) is 4.40. The minimum Gasteiger partial charge on any atom is -0.307 e. The molecule has 0 aliphatic heterocycles. The first-order chi connectivity index (χ1) is 8.24. The first-order valence-electron chi connectivity index (χ1n) is 6.75. The lowest BCUT2D eigenvalue weighted by Gasteiger charge is -2.27. The van der Waals surface area contributed by atoms with Crippen molar-refractivity contribution in [1.29, 1.82) is 0 Å². The van der Waals surface area contributed by atoms with E-state index in [1.165, 1.54) is 35.7 Å². The quantitative estimate of drug-likeness (QED) is 0.877. The molecule has 0 saturated heterocycles. The zero-order chi connectivity index (χ0) is 11.8. The highest BCUT2D eigenvalue weighted by atomic mass is 79.9. The van der Waals surface area contributed by atoms with Crippen LogP contribution in [0.4, 0.5) is 0 Å². The summed E-state index contributed by atoms with van der Waals surface area (Å²) in [7, 11) is 0. The van der Waals surface area contributed by atoms with E-state index < -0.39 is 0 Å². The summed E-state index contributed by atoms with van der Waals surface area (Å²) in [5.74, 6) is 2.04. The maximum Gasteiger partial charge on any atom is 0.0294 e. The summed E-state index contributed by atoms with van der Waals surface area (Å²) in [4.78, 5) is 0. The molecule has 3 rings (SSSR count). The van der Waals surface area contributed by atoms with Crippen molar-refractivity contribution >= 4 is 15.9 Å². The number of nitrogens with one attached hydrogen (secondary N) is 1. The van der Waals surface area contributed by atoms with E-state index in [1.807, 2.05) is 0 Å². The molecule has 3 unspecified atom stereocenters. The summed E-state index contributed by atoms with van der Waals surface area (Å²) in [6.45, 7) is 2.29. The van der Waals surface area contributed by atoms with Gasteiger partial charge in [-0.05, 0) is 49.3 Å². The predicted octanol–water partition coefficient (Wildman–Crippen LogP) is 4.29. The first-order valence-corrected chi connectivity index (χ1v) is 7.55. The van der Waals surface area contributed by atoms with Crippen molar-refractivity contribution in [1.82, 2.24) is 5.32 Å². The van der Waals surface area contributed by atoms with Gasteiger partial charge in [0, 0.05) is 16.6 Å². The third-order valence-corrected chi connectivity index (χ3v) is 4.89. The van der Waals surface area contributed by atoms with Gasteiger partial charge in [0.15, 0.2) is 0 Å². The molecular formula is C15H20BrN.